The lowest BCUT2D eigenvalue weighted by Gasteiger charge is -1.80. The second-order valence-electron chi connectivity index (χ2n) is 1.70. The van der Waals surface area contributed by atoms with Crippen LogP contribution in [-0.2, 0) is 4.79 Å². The number of hydrogen-bond acceptors (Lipinski definition) is 1. The van der Waals surface area contributed by atoms with E-state index in [1.54, 1.807) is 0 Å². The molecule has 0 aliphatic carbocycles. The minimum absolute atomic E-state index is 0.204. The smallest absolute Gasteiger partial charge is 0.356 e. The zero-order chi connectivity index (χ0) is 7.98. The molecule has 0 unspecified atom stereocenters. The van der Waals surface area contributed by atoms with E-state index in [0.717, 1.165) is 19.4 Å². The SMILES string of the molecule is FC(F)F.O=C1CCCN1. The second-order valence-corrected chi connectivity index (χ2v) is 1.70. The zero-order valence-electron chi connectivity index (χ0n) is 5.24. The van der Waals surface area contributed by atoms with Gasteiger partial charge in [-0.15, -0.1) is 0 Å². The van der Waals surface area contributed by atoms with Crippen LogP contribution >= 0.6 is 0 Å². The van der Waals surface area contributed by atoms with Gasteiger partial charge in [0.1, 0.15) is 0 Å². The van der Waals surface area contributed by atoms with Gasteiger partial charge >= 0.3 is 6.68 Å². The fraction of sp³-hybridized carbons (Fsp3) is 0.800. The van der Waals surface area contributed by atoms with Crippen LogP contribution < -0.4 is 5.32 Å². The Bertz CT molecular complexity index is 96.3. The van der Waals surface area contributed by atoms with E-state index in [4.69, 9.17) is 0 Å². The van der Waals surface area contributed by atoms with Crippen LogP contribution in [0.15, 0.2) is 0 Å². The van der Waals surface area contributed by atoms with Gasteiger partial charge in [-0.25, -0.2) is 0 Å². The molecule has 1 fully saturated rings. The topological polar surface area (TPSA) is 29.1 Å². The van der Waals surface area contributed by atoms with E-state index in [1.165, 1.54) is 0 Å². The van der Waals surface area contributed by atoms with E-state index in [1.807, 2.05) is 0 Å². The Kier molecular flexibility index (Phi) is 4.70. The van der Waals surface area contributed by atoms with Crippen molar-refractivity contribution in [1.82, 2.24) is 5.32 Å². The molecule has 0 aromatic heterocycles. The number of carbonyl (C=O) groups is 1. The lowest BCUT2D eigenvalue weighted by atomic mass is 10.4. The normalized spacial score (nSPS) is 16.2. The van der Waals surface area contributed by atoms with Gasteiger partial charge < -0.3 is 5.32 Å². The van der Waals surface area contributed by atoms with Crippen LogP contribution in [0.5, 0.6) is 0 Å². The highest BCUT2D eigenvalue weighted by atomic mass is 19.4. The van der Waals surface area contributed by atoms with Gasteiger partial charge in [-0.1, -0.05) is 0 Å². The molecular formula is C5H8F3NO. The summed E-state index contributed by atoms with van der Waals surface area (Å²) in [4.78, 5) is 10.1. The molecule has 1 aliphatic rings. The Labute approximate surface area is 56.4 Å². The van der Waals surface area contributed by atoms with E-state index < -0.39 is 6.68 Å². The number of carbonyl (C=O) groups excluding carboxylic acids is 1. The third-order valence-electron chi connectivity index (χ3n) is 0.903. The summed E-state index contributed by atoms with van der Waals surface area (Å²) in [5.74, 6) is 0.204. The molecule has 1 aliphatic heterocycles. The average Bonchev–Trinajstić information content (AvgIpc) is 2.15. The molecule has 0 radical (unpaired) electrons. The van der Waals surface area contributed by atoms with Gasteiger partial charge in [0, 0.05) is 13.0 Å². The molecule has 0 saturated carbocycles. The molecule has 5 heteroatoms. The Morgan fingerprint density at radius 2 is 1.90 bits per heavy atom. The summed E-state index contributed by atoms with van der Waals surface area (Å²) in [5.41, 5.74) is 0. The Hall–Kier alpha value is -0.740. The number of alkyl halides is 3. The van der Waals surface area contributed by atoms with Crippen LogP contribution in [0.25, 0.3) is 0 Å². The third-order valence-corrected chi connectivity index (χ3v) is 0.903. The minimum Gasteiger partial charge on any atom is -0.356 e. The molecule has 1 saturated heterocycles. The molecule has 1 amide bonds. The van der Waals surface area contributed by atoms with E-state index in [0.29, 0.717) is 0 Å². The van der Waals surface area contributed by atoms with Crippen molar-refractivity contribution < 1.29 is 18.0 Å². The van der Waals surface area contributed by atoms with Crippen LogP contribution in [-0.4, -0.2) is 19.1 Å². The first-order chi connectivity index (χ1) is 4.63. The van der Waals surface area contributed by atoms with E-state index >= 15 is 0 Å². The monoisotopic (exact) mass is 155 g/mol. The Morgan fingerprint density at radius 3 is 2.00 bits per heavy atom. The molecule has 60 valence electrons. The molecule has 0 aromatic rings. The largest absolute Gasteiger partial charge is 0.379 e. The third kappa shape index (κ3) is 7.26. The predicted octanol–water partition coefficient (Wildman–Crippen LogP) is 1.07. The summed E-state index contributed by atoms with van der Waals surface area (Å²) in [7, 11) is 0. The first-order valence-electron chi connectivity index (χ1n) is 2.82. The summed E-state index contributed by atoms with van der Waals surface area (Å²) in [6.45, 7) is -2.78. The van der Waals surface area contributed by atoms with Gasteiger partial charge in [0.25, 0.3) is 0 Å². The molecule has 1 N–H and O–H groups in total. The summed E-state index contributed by atoms with van der Waals surface area (Å²) < 4.78 is 29.0. The lowest BCUT2D eigenvalue weighted by Crippen LogP contribution is -2.12. The number of amides is 1. The Balaban J connectivity index is 0.000000180. The lowest BCUT2D eigenvalue weighted by molar-refractivity contribution is -0.119. The fourth-order valence-electron chi connectivity index (χ4n) is 0.565. The van der Waals surface area contributed by atoms with Crippen molar-refractivity contribution in [3.8, 4) is 0 Å². The maximum atomic E-state index is 10.1. The first kappa shape index (κ1) is 9.26. The average molecular weight is 155 g/mol. The van der Waals surface area contributed by atoms with Gasteiger partial charge in [-0.05, 0) is 6.42 Å². The quantitative estimate of drug-likeness (QED) is 0.557. The van der Waals surface area contributed by atoms with Crippen molar-refractivity contribution in [2.24, 2.45) is 0 Å². The molecule has 0 spiro atoms. The van der Waals surface area contributed by atoms with Crippen LogP contribution in [0.1, 0.15) is 12.8 Å². The van der Waals surface area contributed by atoms with Crippen LogP contribution in [0, 0.1) is 0 Å². The molecule has 2 nitrogen and oxygen atoms in total. The predicted molar refractivity (Wildman–Crippen MR) is 29.4 cm³/mol. The highest BCUT2D eigenvalue weighted by Gasteiger charge is 2.05. The van der Waals surface area contributed by atoms with Crippen LogP contribution in [0.3, 0.4) is 0 Å². The van der Waals surface area contributed by atoms with Crippen molar-refractivity contribution in [2.75, 3.05) is 6.54 Å². The van der Waals surface area contributed by atoms with Crippen molar-refractivity contribution in [2.45, 2.75) is 19.5 Å². The van der Waals surface area contributed by atoms with Gasteiger partial charge in [0.2, 0.25) is 5.91 Å². The number of hydrogen-bond donors (Lipinski definition) is 1. The van der Waals surface area contributed by atoms with Crippen LogP contribution in [0.4, 0.5) is 13.2 Å². The van der Waals surface area contributed by atoms with E-state index in [-0.39, 0.29) is 5.91 Å². The van der Waals surface area contributed by atoms with E-state index in [9.17, 15) is 18.0 Å². The van der Waals surface area contributed by atoms with Gasteiger partial charge in [0.05, 0.1) is 0 Å². The molecule has 1 rings (SSSR count). The summed E-state index contributed by atoms with van der Waals surface area (Å²) in [6.07, 6.45) is 1.76. The highest BCUT2D eigenvalue weighted by molar-refractivity contribution is 5.77. The highest BCUT2D eigenvalue weighted by Crippen LogP contribution is 1.93. The molecule has 0 bridgehead atoms. The van der Waals surface area contributed by atoms with Crippen LogP contribution in [0.2, 0.25) is 0 Å². The summed E-state index contributed by atoms with van der Waals surface area (Å²) in [5, 5.41) is 2.68. The number of nitrogens with one attached hydrogen (secondary N) is 1. The Morgan fingerprint density at radius 1 is 1.40 bits per heavy atom. The first-order valence-corrected chi connectivity index (χ1v) is 2.82. The molecule has 0 atom stereocenters. The van der Waals surface area contributed by atoms with Crippen molar-refractivity contribution >= 4 is 5.91 Å². The minimum atomic E-state index is -3.67. The standard InChI is InChI=1S/C4H7NO.CHF3/c6-4-2-1-3-5-4;2-1(3)4/h1-3H2,(H,5,6);1H. The fourth-order valence-corrected chi connectivity index (χ4v) is 0.565. The number of halogens is 3. The maximum absolute atomic E-state index is 10.1. The summed E-state index contributed by atoms with van der Waals surface area (Å²) in [6, 6.07) is 0. The number of rotatable bonds is 0. The summed E-state index contributed by atoms with van der Waals surface area (Å²) >= 11 is 0. The van der Waals surface area contributed by atoms with E-state index in [2.05, 4.69) is 5.32 Å². The molecule has 1 heterocycles. The molecule has 10 heavy (non-hydrogen) atoms. The molecular weight excluding hydrogens is 147 g/mol. The zero-order valence-corrected chi connectivity index (χ0v) is 5.24. The van der Waals surface area contributed by atoms with Gasteiger partial charge in [-0.3, -0.25) is 4.79 Å². The maximum Gasteiger partial charge on any atom is 0.379 e. The van der Waals surface area contributed by atoms with Crippen molar-refractivity contribution in [1.29, 1.82) is 0 Å². The molecule has 0 aromatic carbocycles. The van der Waals surface area contributed by atoms with Crippen molar-refractivity contribution in [3.63, 3.8) is 0 Å². The van der Waals surface area contributed by atoms with Gasteiger partial charge in [0.15, 0.2) is 0 Å². The second kappa shape index (κ2) is 5.08. The van der Waals surface area contributed by atoms with Crippen molar-refractivity contribution in [3.05, 3.63) is 0 Å². The van der Waals surface area contributed by atoms with Gasteiger partial charge in [-0.2, -0.15) is 13.2 Å².